The second kappa shape index (κ2) is 9.53. The first-order chi connectivity index (χ1) is 1.73. The zero-order chi connectivity index (χ0) is 3.58. The van der Waals surface area contributed by atoms with Gasteiger partial charge in [0.15, 0.2) is 0 Å². The average molecular weight is 167 g/mol. The van der Waals surface area contributed by atoms with Crippen LogP contribution >= 0.6 is 0 Å². The van der Waals surface area contributed by atoms with Gasteiger partial charge in [0.05, 0.1) is 0 Å². The predicted octanol–water partition coefficient (Wildman–Crippen LogP) is -3.68. The molecule has 3 nitrogen and oxygen atoms in total. The van der Waals surface area contributed by atoms with Crippen LogP contribution in [0.5, 0.6) is 0 Å². The first kappa shape index (κ1) is 15.7. The number of hydrogen-bond donors (Lipinski definition) is 1. The van der Waals surface area contributed by atoms with Crippen molar-refractivity contribution in [2.45, 2.75) is 0 Å². The molecule has 0 radical (unpaired) electrons. The number of rotatable bonds is 0. The van der Waals surface area contributed by atoms with Gasteiger partial charge in [0.25, 0.3) is 0 Å². The Morgan fingerprint density at radius 2 is 1.50 bits per heavy atom. The molecule has 6 heavy (non-hydrogen) atoms. The van der Waals surface area contributed by atoms with E-state index in [2.05, 4.69) is 0 Å². The molecule has 0 unspecified atom stereocenters. The summed E-state index contributed by atoms with van der Waals surface area (Å²) in [6, 6.07) is 0. The Morgan fingerprint density at radius 1 is 1.50 bits per heavy atom. The molecule has 0 aliphatic carbocycles. The van der Waals surface area contributed by atoms with Gasteiger partial charge in [0.2, 0.25) is 0 Å². The van der Waals surface area contributed by atoms with Gasteiger partial charge in [0.1, 0.15) is 0 Å². The van der Waals surface area contributed by atoms with Gasteiger partial charge in [-0.3, -0.25) is 0 Å². The van der Waals surface area contributed by atoms with Crippen LogP contribution in [-0.4, -0.2) is 4.03 Å². The minimum atomic E-state index is -3.69. The molecule has 0 bridgehead atoms. The zero-order valence-corrected chi connectivity index (χ0v) is 5.41. The van der Waals surface area contributed by atoms with Crippen LogP contribution in [0.3, 0.4) is 0 Å². The van der Waals surface area contributed by atoms with Crippen LogP contribution < -0.4 is 18.9 Å². The summed E-state index contributed by atoms with van der Waals surface area (Å²) in [4.78, 5) is 0. The van der Waals surface area contributed by atoms with Crippen LogP contribution in [0.2, 0.25) is 0 Å². The molecule has 1 N–H and O–H groups in total. The molecule has 0 aromatic rings. The molecule has 0 saturated carbocycles. The van der Waals surface area contributed by atoms with Crippen molar-refractivity contribution >= 4 is 0 Å². The summed E-state index contributed by atoms with van der Waals surface area (Å²) in [7, 11) is 0. The normalized spacial score (nSPS) is 4.17. The first-order valence-corrected chi connectivity index (χ1v) is 2.33. The molecular formula is H2LiNiO3V. The molecule has 0 aliphatic heterocycles. The Bertz CT molecular complexity index is 63.3. The molecule has 0 saturated heterocycles. The second-order valence-electron chi connectivity index (χ2n) is 0.238. The van der Waals surface area contributed by atoms with E-state index in [1.54, 1.807) is 0 Å². The average Bonchev–Trinajstić information content (AvgIpc) is 0.811. The van der Waals surface area contributed by atoms with Gasteiger partial charge in [-0.15, -0.1) is 0 Å². The van der Waals surface area contributed by atoms with E-state index >= 15 is 0 Å². The first-order valence-electron chi connectivity index (χ1n) is 0.565. The second-order valence-corrected chi connectivity index (χ2v) is 0.981. The summed E-state index contributed by atoms with van der Waals surface area (Å²) in [6.07, 6.45) is 0. The Morgan fingerprint density at radius 3 is 1.50 bits per heavy atom. The molecule has 0 amide bonds. The van der Waals surface area contributed by atoms with Crippen molar-refractivity contribution in [2.24, 2.45) is 0 Å². The molecule has 0 heterocycles. The maximum absolute atomic E-state index is 8.67. The van der Waals surface area contributed by atoms with E-state index in [0.717, 1.165) is 0 Å². The van der Waals surface area contributed by atoms with Crippen molar-refractivity contribution in [1.82, 2.24) is 0 Å². The molecule has 0 spiro atoms. The molecule has 36 valence electrons. The summed E-state index contributed by atoms with van der Waals surface area (Å²) in [6.45, 7) is 0. The SMILES string of the molecule is [H-].[Li+].[Ni].[O]=[V](=[O])[OH]. The fraction of sp³-hybridized carbons (Fsp3) is 0. The van der Waals surface area contributed by atoms with Gasteiger partial charge < -0.3 is 1.43 Å². The fourth-order valence-electron chi connectivity index (χ4n) is 0. The zero-order valence-electron chi connectivity index (χ0n) is 4.03. The standard InChI is InChI=1S/Li.Ni.H2O.2O.V.H/h;;1H2;;;;/q+1;;;;;+1;-1/p-1. The predicted molar refractivity (Wildman–Crippen MR) is 4.70 cm³/mol. The third-order valence-electron chi connectivity index (χ3n) is 0. The monoisotopic (exact) mass is 166 g/mol. The van der Waals surface area contributed by atoms with Gasteiger partial charge in [0, 0.05) is 16.5 Å². The van der Waals surface area contributed by atoms with E-state index in [-0.39, 0.29) is 36.8 Å². The summed E-state index contributed by atoms with van der Waals surface area (Å²) in [5, 5.41) is 0. The summed E-state index contributed by atoms with van der Waals surface area (Å²) < 4.78 is 24.4. The van der Waals surface area contributed by atoms with Crippen LogP contribution in [0.4, 0.5) is 0 Å². The Kier molecular flexibility index (Phi) is 24.9. The molecule has 0 aliphatic rings. The van der Waals surface area contributed by atoms with Gasteiger partial charge in [-0.05, 0) is 0 Å². The molecule has 0 aromatic carbocycles. The van der Waals surface area contributed by atoms with Gasteiger partial charge >= 0.3 is 45.6 Å². The molecule has 0 rings (SSSR count). The van der Waals surface area contributed by atoms with Gasteiger partial charge in [-0.1, -0.05) is 0 Å². The van der Waals surface area contributed by atoms with Crippen LogP contribution in [0.1, 0.15) is 1.43 Å². The summed E-state index contributed by atoms with van der Waals surface area (Å²) >= 11 is -3.69. The van der Waals surface area contributed by atoms with E-state index in [4.69, 9.17) is 11.4 Å². The molecule has 6 heteroatoms. The van der Waals surface area contributed by atoms with Crippen LogP contribution in [-0.2, 0) is 39.2 Å². The van der Waals surface area contributed by atoms with Crippen LogP contribution in [0.15, 0.2) is 0 Å². The van der Waals surface area contributed by atoms with E-state index in [1.165, 1.54) is 0 Å². The minimum absolute atomic E-state index is 0. The van der Waals surface area contributed by atoms with Crippen molar-refractivity contribution < 1.29 is 63.6 Å². The van der Waals surface area contributed by atoms with Crippen LogP contribution in [0, 0.1) is 0 Å². The third-order valence-corrected chi connectivity index (χ3v) is 0. The van der Waals surface area contributed by atoms with Crippen molar-refractivity contribution in [3.63, 3.8) is 0 Å². The van der Waals surface area contributed by atoms with Gasteiger partial charge in [-0.25, -0.2) is 0 Å². The molecule has 0 fully saturated rings. The van der Waals surface area contributed by atoms with Crippen molar-refractivity contribution in [3.05, 3.63) is 0 Å². The molecular weight excluding hydrogens is 165 g/mol. The Hall–Kier alpha value is 1.24. The summed E-state index contributed by atoms with van der Waals surface area (Å²) in [5.41, 5.74) is 0. The van der Waals surface area contributed by atoms with Gasteiger partial charge in [-0.2, -0.15) is 0 Å². The topological polar surface area (TPSA) is 54.4 Å². The fourth-order valence-corrected chi connectivity index (χ4v) is 0. The van der Waals surface area contributed by atoms with E-state index in [9.17, 15) is 0 Å². The summed E-state index contributed by atoms with van der Waals surface area (Å²) in [5.74, 6) is 0. The van der Waals surface area contributed by atoms with Crippen LogP contribution in [0.25, 0.3) is 0 Å². The Labute approximate surface area is 63.4 Å². The maximum atomic E-state index is 8.67. The van der Waals surface area contributed by atoms with Crippen molar-refractivity contribution in [2.75, 3.05) is 0 Å². The quantitative estimate of drug-likeness (QED) is 0.377. The van der Waals surface area contributed by atoms with E-state index < -0.39 is 15.4 Å². The Balaban J connectivity index is -0.0000000150. The third kappa shape index (κ3) is 61.5. The number of hydrogen-bond acceptors (Lipinski definition) is 2. The van der Waals surface area contributed by atoms with Crippen molar-refractivity contribution in [3.8, 4) is 0 Å². The van der Waals surface area contributed by atoms with E-state index in [1.807, 2.05) is 0 Å². The van der Waals surface area contributed by atoms with E-state index in [0.29, 0.717) is 0 Å². The molecule has 0 atom stereocenters. The van der Waals surface area contributed by atoms with Crippen molar-refractivity contribution in [1.29, 1.82) is 0 Å². The molecule has 0 aromatic heterocycles.